The van der Waals surface area contributed by atoms with Crippen LogP contribution in [0.2, 0.25) is 0 Å². The van der Waals surface area contributed by atoms with E-state index in [-0.39, 0.29) is 47.2 Å². The molecule has 0 bridgehead atoms. The first-order valence-corrected chi connectivity index (χ1v) is 11.7. The van der Waals surface area contributed by atoms with E-state index in [2.05, 4.69) is 5.32 Å². The standard InChI is InChI=1S/C26H27N3O11/c1-14(30)37-20-9-5-7-18(23(20)39-16(3)32)25(35)28-11-12-29(13-22(27)34)26(36)19-8-6-10-21(38-15(2)31)24(19)40-17(4)33/h5-10H,11-13H2,1-4H3,(H2,27,34)(H,28,35). The lowest BCUT2D eigenvalue weighted by molar-refractivity contribution is -0.134. The molecule has 14 heteroatoms. The minimum atomic E-state index is -0.879. The Morgan fingerprint density at radius 2 is 1.15 bits per heavy atom. The Kier molecular flexibility index (Phi) is 10.9. The number of rotatable bonds is 11. The van der Waals surface area contributed by atoms with Crippen LogP contribution >= 0.6 is 0 Å². The minimum Gasteiger partial charge on any atom is -0.423 e. The van der Waals surface area contributed by atoms with Crippen molar-refractivity contribution in [1.82, 2.24) is 10.2 Å². The van der Waals surface area contributed by atoms with Gasteiger partial charge in [0.1, 0.15) is 0 Å². The Bertz CT molecular complexity index is 1350. The van der Waals surface area contributed by atoms with Crippen LogP contribution in [0.25, 0.3) is 0 Å². The number of hydrogen-bond acceptors (Lipinski definition) is 11. The zero-order chi connectivity index (χ0) is 30.0. The Morgan fingerprint density at radius 3 is 1.60 bits per heavy atom. The van der Waals surface area contributed by atoms with E-state index in [4.69, 9.17) is 24.7 Å². The first kappa shape index (κ1) is 31.0. The molecule has 0 unspecified atom stereocenters. The number of para-hydroxylation sites is 2. The van der Waals surface area contributed by atoms with Crippen LogP contribution in [-0.2, 0) is 24.0 Å². The molecule has 0 atom stereocenters. The SMILES string of the molecule is CC(=O)Oc1cccc(C(=O)NCCN(CC(N)=O)C(=O)c2cccc(OC(C)=O)c2OC(C)=O)c1OC(C)=O. The molecular formula is C26H27N3O11. The van der Waals surface area contributed by atoms with E-state index in [0.29, 0.717) is 0 Å². The highest BCUT2D eigenvalue weighted by atomic mass is 16.6. The van der Waals surface area contributed by atoms with Crippen molar-refractivity contribution in [3.8, 4) is 23.0 Å². The van der Waals surface area contributed by atoms with Gasteiger partial charge < -0.3 is 34.9 Å². The largest absolute Gasteiger partial charge is 0.423 e. The van der Waals surface area contributed by atoms with Gasteiger partial charge in [0, 0.05) is 40.8 Å². The number of carbonyl (C=O) groups excluding carboxylic acids is 7. The van der Waals surface area contributed by atoms with Crippen molar-refractivity contribution in [3.05, 3.63) is 47.5 Å². The number of ether oxygens (including phenoxy) is 4. The number of nitrogens with two attached hydrogens (primary N) is 1. The summed E-state index contributed by atoms with van der Waals surface area (Å²) in [6.07, 6.45) is 0. The molecule has 0 fully saturated rings. The van der Waals surface area contributed by atoms with Crippen LogP contribution in [0.1, 0.15) is 48.4 Å². The third kappa shape index (κ3) is 8.93. The number of amides is 3. The fourth-order valence-corrected chi connectivity index (χ4v) is 3.36. The molecule has 0 saturated heterocycles. The molecule has 0 heterocycles. The van der Waals surface area contributed by atoms with Gasteiger partial charge in [-0.15, -0.1) is 0 Å². The van der Waals surface area contributed by atoms with Gasteiger partial charge in [-0.3, -0.25) is 33.6 Å². The highest BCUT2D eigenvalue weighted by Gasteiger charge is 2.26. The molecule has 0 aliphatic heterocycles. The Hall–Kier alpha value is -5.27. The van der Waals surface area contributed by atoms with E-state index in [9.17, 15) is 33.6 Å². The van der Waals surface area contributed by atoms with Crippen LogP contribution in [0.4, 0.5) is 0 Å². The zero-order valence-electron chi connectivity index (χ0n) is 22.1. The van der Waals surface area contributed by atoms with Gasteiger partial charge in [0.15, 0.2) is 23.0 Å². The van der Waals surface area contributed by atoms with Crippen molar-refractivity contribution in [2.24, 2.45) is 5.73 Å². The quantitative estimate of drug-likeness (QED) is 0.292. The molecule has 212 valence electrons. The summed E-state index contributed by atoms with van der Waals surface area (Å²) < 4.78 is 20.2. The van der Waals surface area contributed by atoms with E-state index in [1.54, 1.807) is 0 Å². The van der Waals surface area contributed by atoms with E-state index in [0.717, 1.165) is 32.6 Å². The average Bonchev–Trinajstić information content (AvgIpc) is 2.83. The summed E-state index contributed by atoms with van der Waals surface area (Å²) in [5.74, 6) is -6.48. The maximum Gasteiger partial charge on any atom is 0.308 e. The monoisotopic (exact) mass is 557 g/mol. The summed E-state index contributed by atoms with van der Waals surface area (Å²) in [6, 6.07) is 8.00. The predicted molar refractivity (Wildman–Crippen MR) is 136 cm³/mol. The molecule has 40 heavy (non-hydrogen) atoms. The highest BCUT2D eigenvalue weighted by molar-refractivity contribution is 6.01. The maximum atomic E-state index is 13.4. The average molecular weight is 558 g/mol. The molecule has 0 aromatic heterocycles. The minimum absolute atomic E-state index is 0.145. The Balaban J connectivity index is 2.31. The molecule has 0 radical (unpaired) electrons. The van der Waals surface area contributed by atoms with Gasteiger partial charge in [-0.2, -0.15) is 0 Å². The van der Waals surface area contributed by atoms with Gasteiger partial charge in [0.2, 0.25) is 5.91 Å². The summed E-state index contributed by atoms with van der Waals surface area (Å²) in [5, 5.41) is 2.52. The fraction of sp³-hybridized carbons (Fsp3) is 0.269. The first-order valence-electron chi connectivity index (χ1n) is 11.7. The molecule has 2 rings (SSSR count). The predicted octanol–water partition coefficient (Wildman–Crippen LogP) is 0.745. The van der Waals surface area contributed by atoms with Gasteiger partial charge in [-0.05, 0) is 24.3 Å². The smallest absolute Gasteiger partial charge is 0.308 e. The maximum absolute atomic E-state index is 13.4. The van der Waals surface area contributed by atoms with E-state index in [1.165, 1.54) is 36.4 Å². The van der Waals surface area contributed by atoms with Gasteiger partial charge in [-0.25, -0.2) is 0 Å². The van der Waals surface area contributed by atoms with Crippen molar-refractivity contribution in [2.45, 2.75) is 27.7 Å². The second-order valence-corrected chi connectivity index (χ2v) is 8.09. The number of nitrogens with one attached hydrogen (secondary N) is 1. The molecule has 0 aliphatic carbocycles. The van der Waals surface area contributed by atoms with Gasteiger partial charge in [0.05, 0.1) is 17.7 Å². The number of hydrogen-bond donors (Lipinski definition) is 2. The van der Waals surface area contributed by atoms with Gasteiger partial charge in [-0.1, -0.05) is 12.1 Å². The molecule has 0 aliphatic rings. The molecule has 3 amide bonds. The fourth-order valence-electron chi connectivity index (χ4n) is 3.36. The highest BCUT2D eigenvalue weighted by Crippen LogP contribution is 2.33. The molecule has 0 saturated carbocycles. The molecule has 2 aromatic carbocycles. The van der Waals surface area contributed by atoms with E-state index >= 15 is 0 Å². The summed E-state index contributed by atoms with van der Waals surface area (Å²) in [4.78, 5) is 85.1. The summed E-state index contributed by atoms with van der Waals surface area (Å²) in [7, 11) is 0. The third-order valence-corrected chi connectivity index (χ3v) is 4.73. The molecule has 0 spiro atoms. The normalized spacial score (nSPS) is 10.1. The van der Waals surface area contributed by atoms with Crippen molar-refractivity contribution in [3.63, 3.8) is 0 Å². The van der Waals surface area contributed by atoms with Gasteiger partial charge in [0.25, 0.3) is 11.8 Å². The van der Waals surface area contributed by atoms with Crippen molar-refractivity contribution >= 4 is 41.6 Å². The van der Waals surface area contributed by atoms with Crippen molar-refractivity contribution in [2.75, 3.05) is 19.6 Å². The molecule has 14 nitrogen and oxygen atoms in total. The van der Waals surface area contributed by atoms with Crippen LogP contribution in [0.15, 0.2) is 36.4 Å². The van der Waals surface area contributed by atoms with Crippen LogP contribution in [-0.4, -0.2) is 66.1 Å². The number of carbonyl (C=O) groups is 7. The number of nitrogens with zero attached hydrogens (tertiary/aromatic N) is 1. The van der Waals surface area contributed by atoms with Crippen LogP contribution in [0.3, 0.4) is 0 Å². The van der Waals surface area contributed by atoms with Gasteiger partial charge >= 0.3 is 23.9 Å². The molecule has 2 aromatic rings. The zero-order valence-corrected chi connectivity index (χ0v) is 22.1. The second-order valence-electron chi connectivity index (χ2n) is 8.09. The lowest BCUT2D eigenvalue weighted by Gasteiger charge is -2.23. The van der Waals surface area contributed by atoms with Crippen molar-refractivity contribution in [1.29, 1.82) is 0 Å². The first-order chi connectivity index (χ1) is 18.8. The lowest BCUT2D eigenvalue weighted by Crippen LogP contribution is -2.43. The summed E-state index contributed by atoms with van der Waals surface area (Å²) >= 11 is 0. The van der Waals surface area contributed by atoms with Crippen molar-refractivity contribution < 1.29 is 52.5 Å². The van der Waals surface area contributed by atoms with E-state index in [1.807, 2.05) is 0 Å². The Labute approximate surface area is 228 Å². The van der Waals surface area contributed by atoms with Crippen LogP contribution in [0, 0.1) is 0 Å². The second kappa shape index (κ2) is 14.0. The topological polar surface area (TPSA) is 198 Å². The lowest BCUT2D eigenvalue weighted by atomic mass is 10.1. The molecule has 3 N–H and O–H groups in total. The van der Waals surface area contributed by atoms with Crippen LogP contribution in [0.5, 0.6) is 23.0 Å². The summed E-state index contributed by atoms with van der Waals surface area (Å²) in [6.45, 7) is 3.37. The number of benzene rings is 2. The van der Waals surface area contributed by atoms with E-state index < -0.39 is 48.1 Å². The summed E-state index contributed by atoms with van der Waals surface area (Å²) in [5.41, 5.74) is 4.94. The Morgan fingerprint density at radius 1 is 0.700 bits per heavy atom. The third-order valence-electron chi connectivity index (χ3n) is 4.73. The van der Waals surface area contributed by atoms with Crippen LogP contribution < -0.4 is 30.0 Å². The molecular weight excluding hydrogens is 530 g/mol. The number of primary amides is 1. The number of esters is 4.